The van der Waals surface area contributed by atoms with E-state index in [-0.39, 0.29) is 23.9 Å². The molecule has 0 fully saturated rings. The van der Waals surface area contributed by atoms with Crippen molar-refractivity contribution < 1.29 is 18.7 Å². The molecule has 0 aliphatic rings. The maximum absolute atomic E-state index is 13.2. The van der Waals surface area contributed by atoms with Crippen molar-refractivity contribution >= 4 is 44.1 Å². The van der Waals surface area contributed by atoms with Gasteiger partial charge in [-0.3, -0.25) is 4.79 Å². The Morgan fingerprint density at radius 2 is 1.85 bits per heavy atom. The average Bonchev–Trinajstić information content (AvgIpc) is 3.06. The lowest BCUT2D eigenvalue weighted by Gasteiger charge is -2.09. The second kappa shape index (κ2) is 8.45. The maximum atomic E-state index is 13.2. The van der Waals surface area contributed by atoms with Gasteiger partial charge >= 0.3 is 5.97 Å². The highest BCUT2D eigenvalue weighted by Gasteiger charge is 2.23. The summed E-state index contributed by atoms with van der Waals surface area (Å²) in [6.45, 7) is 1.91. The van der Waals surface area contributed by atoms with Crippen LogP contribution in [0.5, 0.6) is 0 Å². The molecule has 0 saturated heterocycles. The molecule has 0 spiro atoms. The Morgan fingerprint density at radius 3 is 2.52 bits per heavy atom. The molecular formula is C20H15BrFNO3S. The van der Waals surface area contributed by atoms with E-state index in [9.17, 15) is 14.0 Å². The number of esters is 1. The minimum absolute atomic E-state index is 0.204. The molecule has 0 radical (unpaired) electrons. The lowest BCUT2D eigenvalue weighted by atomic mass is 10.0. The summed E-state index contributed by atoms with van der Waals surface area (Å²) in [4.78, 5) is 25.1. The third-order valence-electron chi connectivity index (χ3n) is 3.77. The number of nitrogens with one attached hydrogen (secondary N) is 1. The molecule has 4 nitrogen and oxygen atoms in total. The van der Waals surface area contributed by atoms with Gasteiger partial charge in [-0.1, -0.05) is 24.3 Å². The molecule has 1 amide bonds. The van der Waals surface area contributed by atoms with E-state index in [4.69, 9.17) is 4.74 Å². The van der Waals surface area contributed by atoms with Gasteiger partial charge in [0.2, 0.25) is 0 Å². The first-order chi connectivity index (χ1) is 13.0. The van der Waals surface area contributed by atoms with Crippen LogP contribution in [0.2, 0.25) is 0 Å². The highest BCUT2D eigenvalue weighted by Crippen LogP contribution is 2.36. The van der Waals surface area contributed by atoms with Gasteiger partial charge in [-0.15, -0.1) is 11.3 Å². The summed E-state index contributed by atoms with van der Waals surface area (Å²) in [5.74, 6) is -1.25. The fourth-order valence-electron chi connectivity index (χ4n) is 2.51. The Balaban J connectivity index is 2.00. The highest BCUT2D eigenvalue weighted by molar-refractivity contribution is 9.10. The van der Waals surface area contributed by atoms with E-state index in [0.717, 1.165) is 0 Å². The lowest BCUT2D eigenvalue weighted by molar-refractivity contribution is 0.0529. The van der Waals surface area contributed by atoms with Gasteiger partial charge in [-0.2, -0.15) is 0 Å². The molecule has 7 heteroatoms. The van der Waals surface area contributed by atoms with Crippen LogP contribution >= 0.6 is 27.3 Å². The summed E-state index contributed by atoms with van der Waals surface area (Å²) in [7, 11) is 0. The van der Waals surface area contributed by atoms with Crippen molar-refractivity contribution in [1.29, 1.82) is 0 Å². The van der Waals surface area contributed by atoms with E-state index in [0.29, 0.717) is 26.2 Å². The topological polar surface area (TPSA) is 55.4 Å². The van der Waals surface area contributed by atoms with E-state index in [1.54, 1.807) is 42.6 Å². The van der Waals surface area contributed by atoms with Crippen molar-refractivity contribution in [3.63, 3.8) is 0 Å². The summed E-state index contributed by atoms with van der Waals surface area (Å²) in [5, 5.41) is 4.91. The summed E-state index contributed by atoms with van der Waals surface area (Å²) in [6, 6.07) is 12.8. The number of ether oxygens (including phenoxy) is 1. The van der Waals surface area contributed by atoms with E-state index in [2.05, 4.69) is 21.2 Å². The minimum Gasteiger partial charge on any atom is -0.462 e. The fraction of sp³-hybridized carbons (Fsp3) is 0.100. The molecule has 1 N–H and O–H groups in total. The molecule has 138 valence electrons. The molecule has 0 atom stereocenters. The van der Waals surface area contributed by atoms with E-state index in [1.807, 2.05) is 6.07 Å². The zero-order chi connectivity index (χ0) is 19.4. The second-order valence-electron chi connectivity index (χ2n) is 5.51. The van der Waals surface area contributed by atoms with Crippen molar-refractivity contribution in [3.8, 4) is 11.1 Å². The van der Waals surface area contributed by atoms with Gasteiger partial charge < -0.3 is 10.1 Å². The van der Waals surface area contributed by atoms with Crippen LogP contribution in [0.1, 0.15) is 27.6 Å². The monoisotopic (exact) mass is 447 g/mol. The van der Waals surface area contributed by atoms with Gasteiger partial charge in [-0.25, -0.2) is 9.18 Å². The van der Waals surface area contributed by atoms with Crippen LogP contribution in [0.25, 0.3) is 11.1 Å². The van der Waals surface area contributed by atoms with E-state index < -0.39 is 5.97 Å². The zero-order valence-corrected chi connectivity index (χ0v) is 16.7. The molecule has 27 heavy (non-hydrogen) atoms. The van der Waals surface area contributed by atoms with Gasteiger partial charge in [0, 0.05) is 15.4 Å². The van der Waals surface area contributed by atoms with E-state index >= 15 is 0 Å². The molecule has 2 aromatic carbocycles. The van der Waals surface area contributed by atoms with Crippen LogP contribution in [0.4, 0.5) is 9.39 Å². The smallest absolute Gasteiger partial charge is 0.341 e. The number of benzene rings is 2. The standard InChI is InChI=1S/C20H15BrFNO3S/c1-2-26-20(25)17-15(12-7-9-13(22)10-8-12)11-27-19(17)23-18(24)14-5-3-4-6-16(14)21/h3-11H,2H2,1H3,(H,23,24). The number of halogens is 2. The maximum Gasteiger partial charge on any atom is 0.341 e. The van der Waals surface area contributed by atoms with Crippen LogP contribution in [-0.4, -0.2) is 18.5 Å². The fourth-order valence-corrected chi connectivity index (χ4v) is 3.93. The molecule has 3 rings (SSSR count). The minimum atomic E-state index is -0.541. The molecule has 0 unspecified atom stereocenters. The second-order valence-corrected chi connectivity index (χ2v) is 7.25. The van der Waals surface area contributed by atoms with E-state index in [1.165, 1.54) is 23.5 Å². The molecule has 1 heterocycles. The van der Waals surface area contributed by atoms with Crippen molar-refractivity contribution in [2.75, 3.05) is 11.9 Å². The number of thiophene rings is 1. The first-order valence-corrected chi connectivity index (χ1v) is 9.79. The normalized spacial score (nSPS) is 10.5. The van der Waals surface area contributed by atoms with Crippen LogP contribution < -0.4 is 5.32 Å². The number of hydrogen-bond donors (Lipinski definition) is 1. The lowest BCUT2D eigenvalue weighted by Crippen LogP contribution is -2.15. The Kier molecular flexibility index (Phi) is 6.03. The Bertz CT molecular complexity index is 985. The summed E-state index contributed by atoms with van der Waals surface area (Å²) in [6.07, 6.45) is 0. The SMILES string of the molecule is CCOC(=O)c1c(-c2ccc(F)cc2)csc1NC(=O)c1ccccc1Br. The predicted molar refractivity (Wildman–Crippen MR) is 108 cm³/mol. The van der Waals surface area contributed by atoms with Crippen LogP contribution in [-0.2, 0) is 4.74 Å². The Morgan fingerprint density at radius 1 is 1.15 bits per heavy atom. The zero-order valence-electron chi connectivity index (χ0n) is 14.3. The predicted octanol–water partition coefficient (Wildman–Crippen LogP) is 5.75. The molecule has 0 bridgehead atoms. The first kappa shape index (κ1) is 19.3. The van der Waals surface area contributed by atoms with Crippen LogP contribution in [0.3, 0.4) is 0 Å². The molecule has 0 aliphatic heterocycles. The van der Waals surface area contributed by atoms with Gasteiger partial charge in [-0.05, 0) is 52.7 Å². The number of carbonyl (C=O) groups excluding carboxylic acids is 2. The summed E-state index contributed by atoms with van der Waals surface area (Å²) < 4.78 is 19.0. The van der Waals surface area contributed by atoms with Crippen molar-refractivity contribution in [2.24, 2.45) is 0 Å². The van der Waals surface area contributed by atoms with Crippen molar-refractivity contribution in [3.05, 3.63) is 75.3 Å². The quantitative estimate of drug-likeness (QED) is 0.506. The van der Waals surface area contributed by atoms with Gasteiger partial charge in [0.05, 0.1) is 12.2 Å². The van der Waals surface area contributed by atoms with Gasteiger partial charge in [0.25, 0.3) is 5.91 Å². The van der Waals surface area contributed by atoms with Crippen molar-refractivity contribution in [1.82, 2.24) is 0 Å². The van der Waals surface area contributed by atoms with Crippen LogP contribution in [0.15, 0.2) is 58.4 Å². The summed E-state index contributed by atoms with van der Waals surface area (Å²) >= 11 is 4.56. The molecule has 3 aromatic rings. The van der Waals surface area contributed by atoms with Crippen LogP contribution in [0, 0.1) is 5.82 Å². The summed E-state index contributed by atoms with van der Waals surface area (Å²) in [5.41, 5.74) is 1.95. The number of rotatable bonds is 5. The number of anilines is 1. The number of amides is 1. The van der Waals surface area contributed by atoms with Gasteiger partial charge in [0.1, 0.15) is 16.4 Å². The first-order valence-electron chi connectivity index (χ1n) is 8.11. The molecule has 1 aromatic heterocycles. The third kappa shape index (κ3) is 4.26. The number of carbonyl (C=O) groups is 2. The molecule has 0 aliphatic carbocycles. The number of hydrogen-bond acceptors (Lipinski definition) is 4. The highest BCUT2D eigenvalue weighted by atomic mass is 79.9. The molecular weight excluding hydrogens is 433 g/mol. The third-order valence-corrected chi connectivity index (χ3v) is 5.36. The largest absolute Gasteiger partial charge is 0.462 e. The average molecular weight is 448 g/mol. The van der Waals surface area contributed by atoms with Gasteiger partial charge in [0.15, 0.2) is 0 Å². The Hall–Kier alpha value is -2.51. The van der Waals surface area contributed by atoms with Crippen molar-refractivity contribution in [2.45, 2.75) is 6.92 Å². The molecule has 0 saturated carbocycles. The Labute approximate surface area is 168 Å².